The standard InChI is InChI=1S/C14H20ClFN2O/c1-14(2,3)18-12(19)7-8-17-9-10-5-4-6-11(16)13(10)15/h4-6,17H,7-9H2,1-3H3,(H,18,19). The van der Waals surface area contributed by atoms with E-state index in [4.69, 9.17) is 11.6 Å². The molecular formula is C14H20ClFN2O. The van der Waals surface area contributed by atoms with Crippen molar-refractivity contribution in [1.82, 2.24) is 10.6 Å². The minimum atomic E-state index is -0.425. The molecule has 0 aliphatic carbocycles. The zero-order valence-electron chi connectivity index (χ0n) is 11.5. The molecule has 0 radical (unpaired) electrons. The van der Waals surface area contributed by atoms with Crippen molar-refractivity contribution in [2.75, 3.05) is 6.54 Å². The number of amides is 1. The average Bonchev–Trinajstić information content (AvgIpc) is 2.27. The van der Waals surface area contributed by atoms with Gasteiger partial charge in [0.1, 0.15) is 5.82 Å². The lowest BCUT2D eigenvalue weighted by atomic mass is 10.1. The molecule has 1 rings (SSSR count). The number of halogens is 2. The first-order valence-corrected chi connectivity index (χ1v) is 6.62. The van der Waals surface area contributed by atoms with Crippen LogP contribution in [0.5, 0.6) is 0 Å². The summed E-state index contributed by atoms with van der Waals surface area (Å²) in [6, 6.07) is 4.70. The van der Waals surface area contributed by atoms with Crippen LogP contribution in [0.1, 0.15) is 32.8 Å². The van der Waals surface area contributed by atoms with Crippen LogP contribution in [0.25, 0.3) is 0 Å². The van der Waals surface area contributed by atoms with E-state index >= 15 is 0 Å². The van der Waals surface area contributed by atoms with E-state index in [-0.39, 0.29) is 16.5 Å². The van der Waals surface area contributed by atoms with Gasteiger partial charge in [-0.1, -0.05) is 23.7 Å². The third kappa shape index (κ3) is 6.03. The summed E-state index contributed by atoms with van der Waals surface area (Å²) >= 11 is 5.83. The maximum absolute atomic E-state index is 13.2. The summed E-state index contributed by atoms with van der Waals surface area (Å²) in [6.45, 7) is 6.77. The zero-order valence-corrected chi connectivity index (χ0v) is 12.3. The van der Waals surface area contributed by atoms with Gasteiger partial charge in [0.25, 0.3) is 0 Å². The lowest BCUT2D eigenvalue weighted by Gasteiger charge is -2.20. The molecule has 0 unspecified atom stereocenters. The number of carbonyl (C=O) groups is 1. The van der Waals surface area contributed by atoms with Crippen LogP contribution in [0, 0.1) is 5.82 Å². The van der Waals surface area contributed by atoms with Gasteiger partial charge in [0.05, 0.1) is 5.02 Å². The molecule has 19 heavy (non-hydrogen) atoms. The van der Waals surface area contributed by atoms with Crippen LogP contribution in [-0.4, -0.2) is 18.0 Å². The second kappa shape index (κ2) is 6.87. The smallest absolute Gasteiger partial charge is 0.221 e. The van der Waals surface area contributed by atoms with Gasteiger partial charge < -0.3 is 10.6 Å². The zero-order chi connectivity index (χ0) is 14.5. The number of benzene rings is 1. The Bertz CT molecular complexity index is 444. The molecule has 0 aliphatic heterocycles. The molecule has 0 atom stereocenters. The first-order chi connectivity index (χ1) is 8.79. The molecule has 1 amide bonds. The van der Waals surface area contributed by atoms with Crippen molar-refractivity contribution in [3.63, 3.8) is 0 Å². The highest BCUT2D eigenvalue weighted by atomic mass is 35.5. The minimum absolute atomic E-state index is 0.00895. The highest BCUT2D eigenvalue weighted by molar-refractivity contribution is 6.31. The maximum atomic E-state index is 13.2. The van der Waals surface area contributed by atoms with E-state index in [1.807, 2.05) is 20.8 Å². The van der Waals surface area contributed by atoms with Crippen LogP contribution in [0.15, 0.2) is 18.2 Å². The SMILES string of the molecule is CC(C)(C)NC(=O)CCNCc1cccc(F)c1Cl. The summed E-state index contributed by atoms with van der Waals surface area (Å²) in [6.07, 6.45) is 0.379. The lowest BCUT2D eigenvalue weighted by Crippen LogP contribution is -2.41. The first kappa shape index (κ1) is 15.9. The van der Waals surface area contributed by atoms with Crippen LogP contribution in [0.4, 0.5) is 4.39 Å². The van der Waals surface area contributed by atoms with E-state index in [0.717, 1.165) is 0 Å². The summed E-state index contributed by atoms with van der Waals surface area (Å²) in [7, 11) is 0. The van der Waals surface area contributed by atoms with Crippen LogP contribution < -0.4 is 10.6 Å². The third-order valence-electron chi connectivity index (χ3n) is 2.39. The highest BCUT2D eigenvalue weighted by Gasteiger charge is 2.13. The van der Waals surface area contributed by atoms with Gasteiger partial charge in [0.2, 0.25) is 5.91 Å². The van der Waals surface area contributed by atoms with Gasteiger partial charge >= 0.3 is 0 Å². The Morgan fingerprint density at radius 3 is 2.68 bits per heavy atom. The lowest BCUT2D eigenvalue weighted by molar-refractivity contribution is -0.122. The van der Waals surface area contributed by atoms with Gasteiger partial charge in [-0.05, 0) is 32.4 Å². The Labute approximate surface area is 118 Å². The Kier molecular flexibility index (Phi) is 5.76. The van der Waals surface area contributed by atoms with Gasteiger partial charge in [-0.3, -0.25) is 4.79 Å². The molecule has 0 spiro atoms. The third-order valence-corrected chi connectivity index (χ3v) is 2.81. The largest absolute Gasteiger partial charge is 0.351 e. The minimum Gasteiger partial charge on any atom is -0.351 e. The number of carbonyl (C=O) groups excluding carboxylic acids is 1. The van der Waals surface area contributed by atoms with Gasteiger partial charge in [0, 0.05) is 25.0 Å². The molecule has 1 aromatic carbocycles. The molecule has 3 nitrogen and oxygen atoms in total. The fourth-order valence-corrected chi connectivity index (χ4v) is 1.78. The summed E-state index contributed by atoms with van der Waals surface area (Å²) in [5.41, 5.74) is 0.473. The Hall–Kier alpha value is -1.13. The second-order valence-electron chi connectivity index (χ2n) is 5.44. The van der Waals surface area contributed by atoms with Crippen molar-refractivity contribution in [3.05, 3.63) is 34.6 Å². The summed E-state index contributed by atoms with van der Waals surface area (Å²) in [5.74, 6) is -0.434. The predicted molar refractivity (Wildman–Crippen MR) is 75.6 cm³/mol. The molecule has 0 aliphatic rings. The topological polar surface area (TPSA) is 41.1 Å². The molecule has 0 saturated carbocycles. The summed E-state index contributed by atoms with van der Waals surface area (Å²) < 4.78 is 13.2. The Balaban J connectivity index is 2.32. The maximum Gasteiger partial charge on any atom is 0.221 e. The van der Waals surface area contributed by atoms with Crippen LogP contribution >= 0.6 is 11.6 Å². The molecule has 5 heteroatoms. The van der Waals surface area contributed by atoms with E-state index in [9.17, 15) is 9.18 Å². The van der Waals surface area contributed by atoms with Crippen molar-refractivity contribution in [3.8, 4) is 0 Å². The van der Waals surface area contributed by atoms with Crippen LogP contribution in [0.3, 0.4) is 0 Å². The van der Waals surface area contributed by atoms with Crippen LogP contribution in [-0.2, 0) is 11.3 Å². The molecule has 2 N–H and O–H groups in total. The quantitative estimate of drug-likeness (QED) is 0.817. The molecule has 0 fully saturated rings. The van der Waals surface area contributed by atoms with Crippen molar-refractivity contribution in [2.45, 2.75) is 39.3 Å². The van der Waals surface area contributed by atoms with E-state index in [1.54, 1.807) is 12.1 Å². The monoisotopic (exact) mass is 286 g/mol. The van der Waals surface area contributed by atoms with Gasteiger partial charge in [-0.25, -0.2) is 4.39 Å². The molecule has 0 saturated heterocycles. The van der Waals surface area contributed by atoms with Gasteiger partial charge in [-0.2, -0.15) is 0 Å². The van der Waals surface area contributed by atoms with Crippen molar-refractivity contribution < 1.29 is 9.18 Å². The van der Waals surface area contributed by atoms with Crippen molar-refractivity contribution in [2.24, 2.45) is 0 Å². The van der Waals surface area contributed by atoms with Crippen molar-refractivity contribution >= 4 is 17.5 Å². The number of hydrogen-bond acceptors (Lipinski definition) is 2. The molecular weight excluding hydrogens is 267 g/mol. The number of rotatable bonds is 5. The fraction of sp³-hybridized carbons (Fsp3) is 0.500. The van der Waals surface area contributed by atoms with Gasteiger partial charge in [-0.15, -0.1) is 0 Å². The second-order valence-corrected chi connectivity index (χ2v) is 5.82. The highest BCUT2D eigenvalue weighted by Crippen LogP contribution is 2.19. The predicted octanol–water partition coefficient (Wildman–Crippen LogP) is 2.87. The first-order valence-electron chi connectivity index (χ1n) is 6.24. The van der Waals surface area contributed by atoms with E-state index in [0.29, 0.717) is 25.1 Å². The van der Waals surface area contributed by atoms with Gasteiger partial charge in [0.15, 0.2) is 0 Å². The normalized spacial score (nSPS) is 11.4. The van der Waals surface area contributed by atoms with Crippen LogP contribution in [0.2, 0.25) is 5.02 Å². The van der Waals surface area contributed by atoms with E-state index < -0.39 is 5.82 Å². The average molecular weight is 287 g/mol. The summed E-state index contributed by atoms with van der Waals surface area (Å²) in [5, 5.41) is 6.08. The van der Waals surface area contributed by atoms with E-state index in [2.05, 4.69) is 10.6 Å². The molecule has 106 valence electrons. The summed E-state index contributed by atoms with van der Waals surface area (Å²) in [4.78, 5) is 11.6. The van der Waals surface area contributed by atoms with E-state index in [1.165, 1.54) is 6.07 Å². The number of hydrogen-bond donors (Lipinski definition) is 2. The fourth-order valence-electron chi connectivity index (χ4n) is 1.59. The molecule has 0 aromatic heterocycles. The molecule has 0 heterocycles. The Morgan fingerprint density at radius 1 is 1.37 bits per heavy atom. The van der Waals surface area contributed by atoms with Crippen molar-refractivity contribution in [1.29, 1.82) is 0 Å². The number of nitrogens with one attached hydrogen (secondary N) is 2. The molecule has 1 aromatic rings. The Morgan fingerprint density at radius 2 is 2.05 bits per heavy atom. The molecule has 0 bridgehead atoms.